The molecule has 0 aromatic rings. The van der Waals surface area contributed by atoms with E-state index in [4.69, 9.17) is 9.47 Å². The number of thioether (sulfide) groups is 1. The Labute approximate surface area is 96.3 Å². The molecule has 15 heavy (non-hydrogen) atoms. The zero-order chi connectivity index (χ0) is 10.3. The summed E-state index contributed by atoms with van der Waals surface area (Å²) in [7, 11) is 0. The molecule has 2 fully saturated rings. The molecule has 4 heteroatoms. The molecular weight excluding hydrogens is 210 g/mol. The van der Waals surface area contributed by atoms with E-state index in [0.29, 0.717) is 12.9 Å². The van der Waals surface area contributed by atoms with E-state index in [2.05, 4.69) is 17.1 Å². The molecule has 0 saturated carbocycles. The van der Waals surface area contributed by atoms with Gasteiger partial charge in [-0.15, -0.1) is 0 Å². The molecule has 2 heterocycles. The fraction of sp³-hybridized carbons (Fsp3) is 1.00. The minimum Gasteiger partial charge on any atom is -0.355 e. The van der Waals surface area contributed by atoms with Crippen molar-refractivity contribution < 1.29 is 9.47 Å². The van der Waals surface area contributed by atoms with Gasteiger partial charge in [-0.2, -0.15) is 11.8 Å². The Balaban J connectivity index is 1.53. The first kappa shape index (κ1) is 11.7. The molecule has 2 aliphatic heterocycles. The number of nitrogens with one attached hydrogen (secondary N) is 1. The van der Waals surface area contributed by atoms with Crippen LogP contribution in [0.3, 0.4) is 0 Å². The van der Waals surface area contributed by atoms with Gasteiger partial charge in [0.25, 0.3) is 0 Å². The highest BCUT2D eigenvalue weighted by Gasteiger charge is 2.16. The zero-order valence-corrected chi connectivity index (χ0v) is 10.1. The monoisotopic (exact) mass is 231 g/mol. The van der Waals surface area contributed by atoms with Gasteiger partial charge in [-0.3, -0.25) is 0 Å². The molecule has 2 saturated heterocycles. The second-order valence-electron chi connectivity index (χ2n) is 4.32. The number of rotatable bonds is 4. The standard InChI is InChI=1S/C11H21NO2S/c1-4-13-9-14-11(1)8-12-7-10-2-5-15-6-3-10/h10-12H,1-9H2. The average molecular weight is 231 g/mol. The minimum absolute atomic E-state index is 0.372. The summed E-state index contributed by atoms with van der Waals surface area (Å²) in [4.78, 5) is 0. The zero-order valence-electron chi connectivity index (χ0n) is 9.24. The van der Waals surface area contributed by atoms with Gasteiger partial charge in [0.05, 0.1) is 12.7 Å². The lowest BCUT2D eigenvalue weighted by molar-refractivity contribution is -0.137. The van der Waals surface area contributed by atoms with E-state index < -0.39 is 0 Å². The van der Waals surface area contributed by atoms with Gasteiger partial charge < -0.3 is 14.8 Å². The van der Waals surface area contributed by atoms with Crippen LogP contribution in [0.5, 0.6) is 0 Å². The fourth-order valence-electron chi connectivity index (χ4n) is 2.06. The van der Waals surface area contributed by atoms with E-state index in [1.807, 2.05) is 0 Å². The van der Waals surface area contributed by atoms with Crippen molar-refractivity contribution in [3.63, 3.8) is 0 Å². The van der Waals surface area contributed by atoms with Crippen LogP contribution in [0.2, 0.25) is 0 Å². The summed E-state index contributed by atoms with van der Waals surface area (Å²) in [6.45, 7) is 3.49. The summed E-state index contributed by atoms with van der Waals surface area (Å²) in [6, 6.07) is 0. The first-order chi connectivity index (χ1) is 7.45. The highest BCUT2D eigenvalue weighted by molar-refractivity contribution is 7.99. The van der Waals surface area contributed by atoms with Gasteiger partial charge in [-0.1, -0.05) is 0 Å². The Hall–Kier alpha value is 0.230. The van der Waals surface area contributed by atoms with E-state index in [0.717, 1.165) is 25.5 Å². The maximum Gasteiger partial charge on any atom is 0.147 e. The van der Waals surface area contributed by atoms with Crippen LogP contribution in [0, 0.1) is 5.92 Å². The van der Waals surface area contributed by atoms with Crippen LogP contribution in [-0.4, -0.2) is 44.1 Å². The number of ether oxygens (including phenoxy) is 2. The summed E-state index contributed by atoms with van der Waals surface area (Å²) in [5.74, 6) is 3.59. The summed E-state index contributed by atoms with van der Waals surface area (Å²) >= 11 is 2.09. The van der Waals surface area contributed by atoms with E-state index in [-0.39, 0.29) is 0 Å². The van der Waals surface area contributed by atoms with E-state index >= 15 is 0 Å². The Morgan fingerprint density at radius 3 is 2.73 bits per heavy atom. The van der Waals surface area contributed by atoms with Crippen LogP contribution in [0.1, 0.15) is 19.3 Å². The van der Waals surface area contributed by atoms with E-state index in [1.54, 1.807) is 0 Å². The van der Waals surface area contributed by atoms with Gasteiger partial charge in [-0.05, 0) is 43.2 Å². The number of hydrogen-bond donors (Lipinski definition) is 1. The molecule has 0 bridgehead atoms. The highest BCUT2D eigenvalue weighted by Crippen LogP contribution is 2.21. The first-order valence-electron chi connectivity index (χ1n) is 5.93. The minimum atomic E-state index is 0.372. The third kappa shape index (κ3) is 4.31. The van der Waals surface area contributed by atoms with Crippen molar-refractivity contribution in [1.29, 1.82) is 0 Å². The molecule has 3 nitrogen and oxygen atoms in total. The van der Waals surface area contributed by atoms with E-state index in [9.17, 15) is 0 Å². The average Bonchev–Trinajstić information content (AvgIpc) is 2.32. The largest absolute Gasteiger partial charge is 0.355 e. The van der Waals surface area contributed by atoms with Crippen LogP contribution in [0.4, 0.5) is 0 Å². The van der Waals surface area contributed by atoms with Crippen LogP contribution >= 0.6 is 11.8 Å². The maximum absolute atomic E-state index is 5.48. The van der Waals surface area contributed by atoms with Crippen LogP contribution in [0.25, 0.3) is 0 Å². The van der Waals surface area contributed by atoms with Crippen molar-refractivity contribution in [2.24, 2.45) is 5.92 Å². The molecule has 0 aromatic heterocycles. The van der Waals surface area contributed by atoms with Crippen molar-refractivity contribution in [3.05, 3.63) is 0 Å². The quantitative estimate of drug-likeness (QED) is 0.794. The summed E-state index contributed by atoms with van der Waals surface area (Å²) in [6.07, 6.45) is 4.17. The molecule has 2 aliphatic rings. The Kier molecular flexibility index (Phi) is 5.26. The van der Waals surface area contributed by atoms with E-state index in [1.165, 1.54) is 30.9 Å². The molecule has 1 unspecified atom stereocenters. The van der Waals surface area contributed by atoms with Crippen LogP contribution < -0.4 is 5.32 Å². The molecule has 0 radical (unpaired) electrons. The molecule has 2 rings (SSSR count). The normalized spacial score (nSPS) is 29.2. The summed E-state index contributed by atoms with van der Waals surface area (Å²) in [5.41, 5.74) is 0. The van der Waals surface area contributed by atoms with Crippen molar-refractivity contribution in [1.82, 2.24) is 5.32 Å². The van der Waals surface area contributed by atoms with Crippen molar-refractivity contribution in [2.75, 3.05) is 38.0 Å². The molecule has 0 amide bonds. The Morgan fingerprint density at radius 2 is 2.00 bits per heavy atom. The van der Waals surface area contributed by atoms with Crippen LogP contribution in [0.15, 0.2) is 0 Å². The predicted octanol–water partition coefficient (Wildman–Crippen LogP) is 1.48. The van der Waals surface area contributed by atoms with Gasteiger partial charge in [0.15, 0.2) is 0 Å². The number of hydrogen-bond acceptors (Lipinski definition) is 4. The van der Waals surface area contributed by atoms with Gasteiger partial charge in [-0.25, -0.2) is 0 Å². The molecule has 0 aliphatic carbocycles. The fourth-order valence-corrected chi connectivity index (χ4v) is 3.27. The third-order valence-electron chi connectivity index (χ3n) is 3.12. The van der Waals surface area contributed by atoms with Crippen molar-refractivity contribution >= 4 is 11.8 Å². The lowest BCUT2D eigenvalue weighted by atomic mass is 10.0. The third-order valence-corrected chi connectivity index (χ3v) is 4.17. The highest BCUT2D eigenvalue weighted by atomic mass is 32.2. The summed E-state index contributed by atoms with van der Waals surface area (Å²) in [5, 5.41) is 3.54. The van der Waals surface area contributed by atoms with Crippen LogP contribution in [-0.2, 0) is 9.47 Å². The molecule has 0 aromatic carbocycles. The SMILES string of the molecule is C1CC(CNCC2CCSCC2)OCO1. The molecular formula is C11H21NO2S. The van der Waals surface area contributed by atoms with Gasteiger partial charge in [0, 0.05) is 6.54 Å². The van der Waals surface area contributed by atoms with Gasteiger partial charge >= 0.3 is 0 Å². The second-order valence-corrected chi connectivity index (χ2v) is 5.54. The topological polar surface area (TPSA) is 30.5 Å². The summed E-state index contributed by atoms with van der Waals surface area (Å²) < 4.78 is 10.6. The van der Waals surface area contributed by atoms with Gasteiger partial charge in [0.1, 0.15) is 6.79 Å². The maximum atomic E-state index is 5.48. The molecule has 1 N–H and O–H groups in total. The van der Waals surface area contributed by atoms with Crippen molar-refractivity contribution in [3.8, 4) is 0 Å². The second kappa shape index (κ2) is 6.74. The molecule has 88 valence electrons. The first-order valence-corrected chi connectivity index (χ1v) is 7.08. The van der Waals surface area contributed by atoms with Crippen molar-refractivity contribution in [2.45, 2.75) is 25.4 Å². The lowest BCUT2D eigenvalue weighted by Gasteiger charge is -2.25. The predicted molar refractivity (Wildman–Crippen MR) is 63.2 cm³/mol. The Bertz CT molecular complexity index is 150. The lowest BCUT2D eigenvalue weighted by Crippen LogP contribution is -2.36. The van der Waals surface area contributed by atoms with Gasteiger partial charge in [0.2, 0.25) is 0 Å². The molecule has 0 spiro atoms. The Morgan fingerprint density at radius 1 is 1.13 bits per heavy atom. The molecule has 1 atom stereocenters. The smallest absolute Gasteiger partial charge is 0.147 e.